The van der Waals surface area contributed by atoms with Crippen LogP contribution in [0.15, 0.2) is 47.8 Å². The normalized spacial score (nSPS) is 12.3. The summed E-state index contributed by atoms with van der Waals surface area (Å²) in [4.78, 5) is 1.41. The van der Waals surface area contributed by atoms with E-state index in [1.807, 2.05) is 11.4 Å². The summed E-state index contributed by atoms with van der Waals surface area (Å²) in [7, 11) is 3.38. The fraction of sp³-hybridized carbons (Fsp3) is 0.176. The molecule has 0 saturated carbocycles. The number of ether oxygens (including phenoxy) is 2. The van der Waals surface area contributed by atoms with Crippen LogP contribution in [0.1, 0.15) is 15.3 Å². The minimum Gasteiger partial charge on any atom is -0.497 e. The van der Waals surface area contributed by atoms with Crippen LogP contribution in [0, 0.1) is 0 Å². The molecule has 21 heavy (non-hydrogen) atoms. The topological polar surface area (TPSA) is 18.5 Å². The Morgan fingerprint density at radius 2 is 1.62 bits per heavy atom. The summed E-state index contributed by atoms with van der Waals surface area (Å²) in [6.07, 6.45) is 0. The molecule has 0 radical (unpaired) electrons. The Hall–Kier alpha value is -1.52. The van der Waals surface area contributed by atoms with Gasteiger partial charge in [-0.15, -0.1) is 11.3 Å². The number of methoxy groups -OCH3 is 2. The lowest BCUT2D eigenvalue weighted by Gasteiger charge is -2.10. The van der Waals surface area contributed by atoms with Crippen molar-refractivity contribution in [2.24, 2.45) is 0 Å². The van der Waals surface area contributed by atoms with Crippen molar-refractivity contribution in [3.63, 3.8) is 0 Å². The zero-order chi connectivity index (χ0) is 14.8. The van der Waals surface area contributed by atoms with Crippen molar-refractivity contribution in [3.05, 3.63) is 58.3 Å². The maximum atomic E-state index is 5.26. The average molecular weight is 363 g/mol. The molecule has 2 aromatic carbocycles. The molecule has 1 unspecified atom stereocenters. The van der Waals surface area contributed by atoms with Crippen molar-refractivity contribution >= 4 is 38.0 Å². The van der Waals surface area contributed by atoms with Crippen molar-refractivity contribution in [2.45, 2.75) is 4.83 Å². The van der Waals surface area contributed by atoms with Gasteiger partial charge in [0.15, 0.2) is 0 Å². The van der Waals surface area contributed by atoms with Gasteiger partial charge in [-0.05, 0) is 40.6 Å². The number of alkyl halides is 1. The van der Waals surface area contributed by atoms with Gasteiger partial charge < -0.3 is 9.47 Å². The van der Waals surface area contributed by atoms with Crippen molar-refractivity contribution in [2.75, 3.05) is 14.2 Å². The first-order valence-corrected chi connectivity index (χ1v) is 8.35. The molecule has 1 aromatic heterocycles. The monoisotopic (exact) mass is 362 g/mol. The maximum absolute atomic E-state index is 5.26. The fourth-order valence-corrected chi connectivity index (χ4v) is 3.86. The second kappa shape index (κ2) is 6.08. The molecule has 0 aliphatic rings. The van der Waals surface area contributed by atoms with Gasteiger partial charge in [-0.25, -0.2) is 0 Å². The Kier molecular flexibility index (Phi) is 4.17. The molecule has 0 aliphatic heterocycles. The van der Waals surface area contributed by atoms with E-state index < -0.39 is 0 Å². The van der Waals surface area contributed by atoms with E-state index >= 15 is 0 Å². The second-order valence-corrected chi connectivity index (χ2v) is 6.58. The number of benzene rings is 2. The van der Waals surface area contributed by atoms with E-state index in [4.69, 9.17) is 9.47 Å². The third-order valence-corrected chi connectivity index (χ3v) is 5.75. The largest absolute Gasteiger partial charge is 0.497 e. The van der Waals surface area contributed by atoms with Crippen LogP contribution in [0.2, 0.25) is 0 Å². The van der Waals surface area contributed by atoms with Crippen LogP contribution in [-0.2, 0) is 0 Å². The first kappa shape index (κ1) is 14.4. The van der Waals surface area contributed by atoms with Gasteiger partial charge in [-0.3, -0.25) is 0 Å². The Balaban J connectivity index is 1.96. The predicted octanol–water partition coefficient (Wildman–Crippen LogP) is 5.40. The van der Waals surface area contributed by atoms with Gasteiger partial charge in [-0.2, -0.15) is 0 Å². The highest BCUT2D eigenvalue weighted by Crippen LogP contribution is 2.38. The number of thiophene rings is 1. The van der Waals surface area contributed by atoms with E-state index in [9.17, 15) is 0 Å². The molecule has 1 heterocycles. The van der Waals surface area contributed by atoms with Gasteiger partial charge in [0.25, 0.3) is 0 Å². The number of rotatable bonds is 4. The summed E-state index contributed by atoms with van der Waals surface area (Å²) in [6.45, 7) is 0. The Morgan fingerprint density at radius 3 is 2.33 bits per heavy atom. The van der Waals surface area contributed by atoms with Crippen LogP contribution in [0.3, 0.4) is 0 Å². The molecular weight excluding hydrogens is 348 g/mol. The van der Waals surface area contributed by atoms with Crippen LogP contribution in [0.4, 0.5) is 0 Å². The third kappa shape index (κ3) is 2.92. The molecule has 0 spiro atoms. The lowest BCUT2D eigenvalue weighted by atomic mass is 10.0. The summed E-state index contributed by atoms with van der Waals surface area (Å²) in [5.74, 6) is 1.79. The Morgan fingerprint density at radius 1 is 0.905 bits per heavy atom. The van der Waals surface area contributed by atoms with Crippen LogP contribution >= 0.6 is 27.3 Å². The summed E-state index contributed by atoms with van der Waals surface area (Å²) < 4.78 is 10.5. The van der Waals surface area contributed by atoms with E-state index in [2.05, 4.69) is 52.3 Å². The lowest BCUT2D eigenvalue weighted by molar-refractivity contribution is 0.415. The predicted molar refractivity (Wildman–Crippen MR) is 92.1 cm³/mol. The molecular formula is C17H15BrO2S. The highest BCUT2D eigenvalue weighted by atomic mass is 79.9. The molecule has 0 bridgehead atoms. The van der Waals surface area contributed by atoms with Crippen LogP contribution < -0.4 is 9.47 Å². The van der Waals surface area contributed by atoms with E-state index in [1.165, 1.54) is 21.2 Å². The molecule has 0 aliphatic carbocycles. The minimum absolute atomic E-state index is 0.179. The molecule has 0 amide bonds. The van der Waals surface area contributed by atoms with E-state index in [1.54, 1.807) is 25.6 Å². The first-order valence-electron chi connectivity index (χ1n) is 6.55. The molecule has 0 fully saturated rings. The lowest BCUT2D eigenvalue weighted by Crippen LogP contribution is -1.90. The number of hydrogen-bond donors (Lipinski definition) is 0. The van der Waals surface area contributed by atoms with E-state index in [0.717, 1.165) is 11.5 Å². The summed E-state index contributed by atoms with van der Waals surface area (Å²) in [5.41, 5.74) is 1.23. The zero-order valence-electron chi connectivity index (χ0n) is 11.8. The van der Waals surface area contributed by atoms with E-state index in [0.29, 0.717) is 0 Å². The third-order valence-electron chi connectivity index (χ3n) is 3.45. The smallest absolute Gasteiger partial charge is 0.129 e. The maximum Gasteiger partial charge on any atom is 0.129 e. The van der Waals surface area contributed by atoms with Crippen molar-refractivity contribution in [1.82, 2.24) is 0 Å². The van der Waals surface area contributed by atoms with Gasteiger partial charge >= 0.3 is 0 Å². The van der Waals surface area contributed by atoms with Crippen molar-refractivity contribution < 1.29 is 9.47 Å². The molecule has 108 valence electrons. The molecule has 3 rings (SSSR count). The molecule has 2 nitrogen and oxygen atoms in total. The van der Waals surface area contributed by atoms with Crippen molar-refractivity contribution in [1.29, 1.82) is 0 Å². The van der Waals surface area contributed by atoms with Gasteiger partial charge in [0, 0.05) is 10.3 Å². The highest BCUT2D eigenvalue weighted by Gasteiger charge is 2.13. The molecule has 1 atom stereocenters. The quantitative estimate of drug-likeness (QED) is 0.578. The van der Waals surface area contributed by atoms with Crippen molar-refractivity contribution in [3.8, 4) is 11.5 Å². The molecule has 4 heteroatoms. The zero-order valence-corrected chi connectivity index (χ0v) is 14.2. The number of hydrogen-bond acceptors (Lipinski definition) is 3. The van der Waals surface area contributed by atoms with E-state index in [-0.39, 0.29) is 4.83 Å². The SMILES string of the molecule is COc1csc(C(Br)c2ccc3cc(OC)ccc3c2)c1. The summed E-state index contributed by atoms with van der Waals surface area (Å²) in [5, 5.41) is 4.41. The average Bonchev–Trinajstić information content (AvgIpc) is 3.02. The molecule has 3 aromatic rings. The number of fused-ring (bicyclic) bond motifs is 1. The van der Waals surface area contributed by atoms with Gasteiger partial charge in [0.05, 0.1) is 19.0 Å². The number of halogens is 1. The fourth-order valence-electron chi connectivity index (χ4n) is 2.27. The minimum atomic E-state index is 0.179. The standard InChI is InChI=1S/C17H15BrO2S/c1-19-14-6-5-11-7-13(4-3-12(11)8-14)17(18)16-9-15(20-2)10-21-16/h3-10,17H,1-2H3. The van der Waals surface area contributed by atoms with Crippen LogP contribution in [-0.4, -0.2) is 14.2 Å². The van der Waals surface area contributed by atoms with Gasteiger partial charge in [0.1, 0.15) is 11.5 Å². The first-order chi connectivity index (χ1) is 10.2. The van der Waals surface area contributed by atoms with Crippen LogP contribution in [0.25, 0.3) is 10.8 Å². The summed E-state index contributed by atoms with van der Waals surface area (Å²) >= 11 is 5.48. The Labute approximate surface area is 136 Å². The van der Waals surface area contributed by atoms with Gasteiger partial charge in [-0.1, -0.05) is 34.1 Å². The second-order valence-electron chi connectivity index (χ2n) is 4.72. The molecule has 0 saturated heterocycles. The Bertz CT molecular complexity index is 766. The highest BCUT2D eigenvalue weighted by molar-refractivity contribution is 9.09. The van der Waals surface area contributed by atoms with Crippen LogP contribution in [0.5, 0.6) is 11.5 Å². The summed E-state index contributed by atoms with van der Waals surface area (Å²) in [6, 6.07) is 14.7. The molecule has 0 N–H and O–H groups in total. The van der Waals surface area contributed by atoms with Gasteiger partial charge in [0.2, 0.25) is 0 Å².